The number of carbonyl (C=O) groups excluding carboxylic acids is 1. The third kappa shape index (κ3) is 3.71. The smallest absolute Gasteiger partial charge is 0.343 e. The number of hydrazone groups is 1. The topological polar surface area (TPSA) is 51.1 Å². The summed E-state index contributed by atoms with van der Waals surface area (Å²) in [7, 11) is 0. The van der Waals surface area contributed by atoms with Crippen LogP contribution in [0.4, 0.5) is 0 Å². The molecule has 2 heterocycles. The summed E-state index contributed by atoms with van der Waals surface area (Å²) >= 11 is 0. The maximum Gasteiger partial charge on any atom is 0.343 e. The van der Waals surface area contributed by atoms with Gasteiger partial charge in [-0.05, 0) is 48.0 Å². The molecule has 0 unspecified atom stereocenters. The lowest BCUT2D eigenvalue weighted by Crippen LogP contribution is -2.33. The van der Waals surface area contributed by atoms with Crippen molar-refractivity contribution >= 4 is 11.7 Å². The number of ether oxygens (including phenoxy) is 2. The Morgan fingerprint density at radius 1 is 0.824 bits per heavy atom. The normalized spacial score (nSPS) is 18.4. The van der Waals surface area contributed by atoms with E-state index in [0.717, 1.165) is 34.6 Å². The highest BCUT2D eigenvalue weighted by Crippen LogP contribution is 2.47. The highest BCUT2D eigenvalue weighted by atomic mass is 16.5. The summed E-state index contributed by atoms with van der Waals surface area (Å²) in [5, 5.41) is 7.04. The van der Waals surface area contributed by atoms with Crippen LogP contribution in [0.2, 0.25) is 0 Å². The van der Waals surface area contributed by atoms with Crippen molar-refractivity contribution in [3.8, 4) is 11.5 Å². The molecule has 0 saturated carbocycles. The van der Waals surface area contributed by atoms with Crippen LogP contribution in [0.15, 0.2) is 114 Å². The zero-order valence-corrected chi connectivity index (χ0v) is 18.4. The van der Waals surface area contributed by atoms with Gasteiger partial charge >= 0.3 is 5.97 Å². The Kier molecular flexibility index (Phi) is 5.07. The first-order valence-electron chi connectivity index (χ1n) is 11.3. The van der Waals surface area contributed by atoms with E-state index in [0.29, 0.717) is 11.3 Å². The fourth-order valence-corrected chi connectivity index (χ4v) is 4.50. The molecule has 2 atom stereocenters. The molecule has 0 radical (unpaired) electrons. The standard InChI is InChI=1S/C29H22N2O3/c32-29(22-11-5-2-6-12-22)33-23-17-15-21(16-18-23)28-31-26(24-13-7-8-14-27(24)34-28)19-25(30-31)20-9-3-1-4-10-20/h1-18,26,28H,19H2/t26-,28+/m0/s1. The zero-order chi connectivity index (χ0) is 22.9. The number of hydrogen-bond acceptors (Lipinski definition) is 5. The number of nitrogens with zero attached hydrogens (tertiary/aromatic N) is 2. The van der Waals surface area contributed by atoms with Gasteiger partial charge in [0, 0.05) is 17.5 Å². The van der Waals surface area contributed by atoms with E-state index in [9.17, 15) is 4.79 Å². The molecule has 0 saturated heterocycles. The summed E-state index contributed by atoms with van der Waals surface area (Å²) in [5.41, 5.74) is 4.76. The molecule has 2 aliphatic rings. The van der Waals surface area contributed by atoms with E-state index >= 15 is 0 Å². The molecule has 0 fully saturated rings. The van der Waals surface area contributed by atoms with Crippen LogP contribution >= 0.6 is 0 Å². The zero-order valence-electron chi connectivity index (χ0n) is 18.4. The fraction of sp³-hybridized carbons (Fsp3) is 0.103. The first-order valence-corrected chi connectivity index (χ1v) is 11.3. The maximum atomic E-state index is 12.4. The number of hydrogen-bond donors (Lipinski definition) is 0. The van der Waals surface area contributed by atoms with Gasteiger partial charge in [0.1, 0.15) is 11.5 Å². The van der Waals surface area contributed by atoms with Gasteiger partial charge in [0.05, 0.1) is 17.3 Å². The van der Waals surface area contributed by atoms with Crippen LogP contribution < -0.4 is 9.47 Å². The van der Waals surface area contributed by atoms with E-state index in [1.54, 1.807) is 24.3 Å². The second-order valence-electron chi connectivity index (χ2n) is 8.35. The molecule has 5 nitrogen and oxygen atoms in total. The van der Waals surface area contributed by atoms with Crippen molar-refractivity contribution < 1.29 is 14.3 Å². The largest absolute Gasteiger partial charge is 0.464 e. The molecule has 0 aromatic heterocycles. The average molecular weight is 447 g/mol. The summed E-state index contributed by atoms with van der Waals surface area (Å²) in [6, 6.07) is 34.9. The van der Waals surface area contributed by atoms with Gasteiger partial charge in [-0.1, -0.05) is 66.7 Å². The first-order chi connectivity index (χ1) is 16.8. The molecule has 5 heteroatoms. The Morgan fingerprint density at radius 3 is 2.26 bits per heavy atom. The first kappa shape index (κ1) is 20.2. The third-order valence-electron chi connectivity index (χ3n) is 6.19. The summed E-state index contributed by atoms with van der Waals surface area (Å²) in [6.07, 6.45) is 0.438. The third-order valence-corrected chi connectivity index (χ3v) is 6.19. The minimum atomic E-state index is -0.382. The highest BCUT2D eigenvalue weighted by Gasteiger charge is 2.40. The number of fused-ring (bicyclic) bond motifs is 3. The quantitative estimate of drug-likeness (QED) is 0.279. The predicted molar refractivity (Wildman–Crippen MR) is 130 cm³/mol. The molecule has 0 aliphatic carbocycles. The van der Waals surface area contributed by atoms with Crippen LogP contribution in [-0.2, 0) is 0 Å². The molecule has 4 aromatic rings. The molecule has 4 aromatic carbocycles. The van der Waals surface area contributed by atoms with Gasteiger partial charge in [-0.15, -0.1) is 0 Å². The van der Waals surface area contributed by atoms with Crippen molar-refractivity contribution in [3.05, 3.63) is 131 Å². The van der Waals surface area contributed by atoms with Crippen LogP contribution in [0.5, 0.6) is 11.5 Å². The Labute approximate surface area is 197 Å². The molecular weight excluding hydrogens is 424 g/mol. The van der Waals surface area contributed by atoms with Crippen molar-refractivity contribution in [3.63, 3.8) is 0 Å². The Bertz CT molecular complexity index is 1350. The predicted octanol–water partition coefficient (Wildman–Crippen LogP) is 6.15. The Balaban J connectivity index is 1.29. The van der Waals surface area contributed by atoms with Crippen LogP contribution in [0, 0.1) is 0 Å². The lowest BCUT2D eigenvalue weighted by Gasteiger charge is -2.38. The van der Waals surface area contributed by atoms with Gasteiger partial charge < -0.3 is 9.47 Å². The Morgan fingerprint density at radius 2 is 1.50 bits per heavy atom. The van der Waals surface area contributed by atoms with Gasteiger partial charge in [0.2, 0.25) is 6.23 Å². The van der Waals surface area contributed by atoms with E-state index in [2.05, 4.69) is 23.2 Å². The van der Waals surface area contributed by atoms with E-state index in [1.165, 1.54) is 0 Å². The number of esters is 1. The average Bonchev–Trinajstić information content (AvgIpc) is 3.36. The molecule has 0 bridgehead atoms. The van der Waals surface area contributed by atoms with E-state index in [1.807, 2.05) is 66.7 Å². The van der Waals surface area contributed by atoms with E-state index < -0.39 is 0 Å². The molecule has 6 rings (SSSR count). The van der Waals surface area contributed by atoms with Crippen molar-refractivity contribution in [2.24, 2.45) is 5.10 Å². The van der Waals surface area contributed by atoms with Gasteiger partial charge in [-0.2, -0.15) is 5.10 Å². The molecule has 0 spiro atoms. The molecule has 0 amide bonds. The number of benzene rings is 4. The summed E-state index contributed by atoms with van der Waals surface area (Å²) in [5.74, 6) is 0.978. The highest BCUT2D eigenvalue weighted by molar-refractivity contribution is 6.01. The van der Waals surface area contributed by atoms with Crippen molar-refractivity contribution in [1.29, 1.82) is 0 Å². The minimum absolute atomic E-state index is 0.0979. The lowest BCUT2D eigenvalue weighted by molar-refractivity contribution is -0.0190. The van der Waals surface area contributed by atoms with Crippen LogP contribution in [0.25, 0.3) is 0 Å². The van der Waals surface area contributed by atoms with Crippen LogP contribution in [0.3, 0.4) is 0 Å². The van der Waals surface area contributed by atoms with Gasteiger partial charge in [0.25, 0.3) is 0 Å². The number of rotatable bonds is 4. The molecular formula is C29H22N2O3. The van der Waals surface area contributed by atoms with E-state index in [-0.39, 0.29) is 18.2 Å². The van der Waals surface area contributed by atoms with Crippen molar-refractivity contribution in [2.45, 2.75) is 18.7 Å². The number of para-hydroxylation sites is 1. The van der Waals surface area contributed by atoms with Crippen LogP contribution in [-0.4, -0.2) is 16.7 Å². The van der Waals surface area contributed by atoms with Crippen molar-refractivity contribution in [1.82, 2.24) is 5.01 Å². The molecule has 2 aliphatic heterocycles. The number of carbonyl (C=O) groups is 1. The fourth-order valence-electron chi connectivity index (χ4n) is 4.50. The molecule has 166 valence electrons. The maximum absolute atomic E-state index is 12.4. The van der Waals surface area contributed by atoms with Crippen molar-refractivity contribution in [2.75, 3.05) is 0 Å². The lowest BCUT2D eigenvalue weighted by atomic mass is 9.96. The van der Waals surface area contributed by atoms with Gasteiger partial charge in [-0.25, -0.2) is 9.80 Å². The van der Waals surface area contributed by atoms with Gasteiger partial charge in [0.15, 0.2) is 0 Å². The minimum Gasteiger partial charge on any atom is -0.464 e. The molecule has 0 N–H and O–H groups in total. The summed E-state index contributed by atoms with van der Waals surface area (Å²) < 4.78 is 12.0. The van der Waals surface area contributed by atoms with E-state index in [4.69, 9.17) is 14.6 Å². The summed E-state index contributed by atoms with van der Waals surface area (Å²) in [4.78, 5) is 12.4. The summed E-state index contributed by atoms with van der Waals surface area (Å²) in [6.45, 7) is 0. The molecule has 34 heavy (non-hydrogen) atoms. The Hall–Kier alpha value is -4.38. The monoisotopic (exact) mass is 446 g/mol. The second-order valence-corrected chi connectivity index (χ2v) is 8.35. The van der Waals surface area contributed by atoms with Crippen LogP contribution in [0.1, 0.15) is 45.7 Å². The SMILES string of the molecule is O=C(Oc1ccc([C@H]2Oc3ccccc3[C@@H]3CC(c4ccccc4)=NN23)cc1)c1ccccc1. The van der Waals surface area contributed by atoms with Gasteiger partial charge in [-0.3, -0.25) is 0 Å². The second kappa shape index (κ2) is 8.52.